The van der Waals surface area contributed by atoms with Gasteiger partial charge in [-0.15, -0.1) is 46.9 Å². The molecule has 0 amide bonds. The van der Waals surface area contributed by atoms with Crippen molar-refractivity contribution in [2.24, 2.45) is 0 Å². The van der Waals surface area contributed by atoms with E-state index >= 15 is 0 Å². The molecule has 0 atom stereocenters. The fourth-order valence-corrected chi connectivity index (χ4v) is 10.6. The van der Waals surface area contributed by atoms with Gasteiger partial charge in [-0.05, 0) is 36.4 Å². The standard InChI is InChI=1S/C24H19NO2S.C23H17NO2S.2C7H7.Zr/c1-26-22-14-8-5-11-18(22)24-23(27-2)21(15-28-24)25-19-12-6-3-9-16(19)17-10-4-7-13-20(17)25;1-26-21-13-7-4-10-17(21)23-22(25)20(14-27-23)24-18-11-5-2-8-15(18)16-9-3-6-12-19(16)24;2*1-7-5-3-2-4-6-7;/h3-15H,1-2H3;2-14,25H,1H3;2*2-6H,1H2;/q;;2*-1;/p+2. The second kappa shape index (κ2) is 22.8. The molecule has 0 bridgehead atoms. The van der Waals surface area contributed by atoms with Gasteiger partial charge in [-0.1, -0.05) is 109 Å². The third-order valence-electron chi connectivity index (χ3n) is 11.8. The minimum absolute atomic E-state index is 0. The van der Waals surface area contributed by atoms with Crippen molar-refractivity contribution >= 4 is 66.3 Å². The smallest absolute Gasteiger partial charge is 0.263 e. The SMILES string of the molecule is COc1c(-n2c3ccccc3c3ccccc32)csc1-c1ccccc1[OH+]C.C[OH+]c1ccccc1-c1scc(-n2c3ccccc3c3ccccc32)c1O.[CH2-]c1ccccc1.[CH2-]c1ccccc1.[Zr]. The maximum Gasteiger partial charge on any atom is 0.263 e. The zero-order valence-corrected chi connectivity index (χ0v) is 43.3. The number of hydrogen-bond acceptors (Lipinski definition) is 4. The molecule has 0 aliphatic heterocycles. The topological polar surface area (TPSA) is 64.9 Å². The van der Waals surface area contributed by atoms with Crippen LogP contribution in [0.3, 0.4) is 0 Å². The molecule has 0 saturated heterocycles. The number of rotatable bonds is 7. The van der Waals surface area contributed by atoms with Crippen LogP contribution in [0.5, 0.6) is 23.0 Å². The van der Waals surface area contributed by atoms with E-state index < -0.39 is 0 Å². The molecular weight excluding hydrogens is 980 g/mol. The quantitative estimate of drug-likeness (QED) is 0.128. The molecule has 0 fully saturated rings. The van der Waals surface area contributed by atoms with E-state index in [1.165, 1.54) is 32.6 Å². The fraction of sp³-hybridized carbons (Fsp3) is 0.0492. The molecule has 0 aliphatic carbocycles. The maximum atomic E-state index is 11.1. The molecule has 0 spiro atoms. The predicted molar refractivity (Wildman–Crippen MR) is 293 cm³/mol. The summed E-state index contributed by atoms with van der Waals surface area (Å²) in [4.78, 5) is 1.94. The zero-order valence-electron chi connectivity index (χ0n) is 39.2. The number of hydrogen-bond donors (Lipinski definition) is 1. The first kappa shape index (κ1) is 49.0. The Morgan fingerprint density at radius 2 is 0.757 bits per heavy atom. The van der Waals surface area contributed by atoms with E-state index in [2.05, 4.69) is 129 Å². The predicted octanol–water partition coefficient (Wildman–Crippen LogP) is 16.2. The molecule has 12 rings (SSSR count). The first-order valence-electron chi connectivity index (χ1n) is 22.5. The zero-order chi connectivity index (χ0) is 47.7. The van der Waals surface area contributed by atoms with Gasteiger partial charge in [0.1, 0.15) is 5.69 Å². The van der Waals surface area contributed by atoms with E-state index in [1.807, 2.05) is 128 Å². The first-order valence-corrected chi connectivity index (χ1v) is 24.2. The van der Waals surface area contributed by atoms with E-state index in [9.17, 15) is 5.11 Å². The Bertz CT molecular complexity index is 3490. The van der Waals surface area contributed by atoms with Gasteiger partial charge in [-0.25, -0.2) is 0 Å². The van der Waals surface area contributed by atoms with Crippen LogP contribution in [0, 0.1) is 13.8 Å². The minimum Gasteiger partial charge on any atom is -0.584 e. The van der Waals surface area contributed by atoms with E-state index in [-0.39, 0.29) is 26.2 Å². The summed E-state index contributed by atoms with van der Waals surface area (Å²) in [5, 5.41) is 20.2. The number of benzene rings is 8. The Kier molecular flexibility index (Phi) is 16.0. The summed E-state index contributed by atoms with van der Waals surface area (Å²) in [5.74, 6) is 3.02. The van der Waals surface area contributed by atoms with Gasteiger partial charge in [0, 0.05) is 70.6 Å². The van der Waals surface area contributed by atoms with E-state index in [0.717, 1.165) is 71.7 Å². The maximum absolute atomic E-state index is 11.1. The average molecular weight is 1030 g/mol. The number of aliphatic hydroxyl groups is 2. The van der Waals surface area contributed by atoms with E-state index in [4.69, 9.17) is 4.74 Å². The number of aromatic hydroxyl groups is 3. The molecule has 3 N–H and O–H groups in total. The Labute approximate surface area is 436 Å². The number of ether oxygens (including phenoxy) is 3. The van der Waals surface area contributed by atoms with Crippen LogP contribution in [0.2, 0.25) is 0 Å². The third-order valence-corrected chi connectivity index (χ3v) is 13.8. The summed E-state index contributed by atoms with van der Waals surface area (Å²) >= 11 is 3.24. The second-order valence-electron chi connectivity index (χ2n) is 16.0. The summed E-state index contributed by atoms with van der Waals surface area (Å²) in [7, 11) is 5.35. The Hall–Kier alpha value is -7.42. The van der Waals surface area contributed by atoms with Crippen molar-refractivity contribution in [3.8, 4) is 55.3 Å². The van der Waals surface area contributed by atoms with Crippen LogP contribution < -0.4 is 4.74 Å². The minimum atomic E-state index is 0. The van der Waals surface area contributed by atoms with Gasteiger partial charge >= 0.3 is 0 Å². The van der Waals surface area contributed by atoms with Gasteiger partial charge in [0.2, 0.25) is 0 Å². The Morgan fingerprint density at radius 3 is 1.14 bits per heavy atom. The molecule has 8 aromatic carbocycles. The van der Waals surface area contributed by atoms with Crippen LogP contribution in [0.15, 0.2) is 217 Å². The van der Waals surface area contributed by atoms with Gasteiger partial charge in [-0.3, -0.25) is 0 Å². The number of aromatic nitrogens is 2. The number of nitrogens with zero attached hydrogens (tertiary/aromatic N) is 2. The number of methoxy groups -OCH3 is 1. The summed E-state index contributed by atoms with van der Waals surface area (Å²) in [5.41, 5.74) is 10.6. The molecule has 12 aromatic rings. The molecule has 0 radical (unpaired) electrons. The fourth-order valence-electron chi connectivity index (χ4n) is 8.61. The van der Waals surface area contributed by atoms with Gasteiger partial charge in [0.05, 0.1) is 55.7 Å². The third kappa shape index (κ3) is 10.0. The van der Waals surface area contributed by atoms with Crippen LogP contribution in [0.4, 0.5) is 0 Å². The van der Waals surface area contributed by atoms with Gasteiger partial charge in [0.15, 0.2) is 25.7 Å². The first-order chi connectivity index (χ1) is 33.9. The van der Waals surface area contributed by atoms with Crippen LogP contribution in [-0.4, -0.2) is 45.0 Å². The van der Waals surface area contributed by atoms with Crippen molar-refractivity contribution in [1.82, 2.24) is 9.13 Å². The van der Waals surface area contributed by atoms with Crippen molar-refractivity contribution in [3.05, 3.63) is 242 Å². The Balaban J connectivity index is 0.000000146. The molecule has 0 saturated carbocycles. The second-order valence-corrected chi connectivity index (χ2v) is 17.7. The Morgan fingerprint density at radius 1 is 0.429 bits per heavy atom. The van der Waals surface area contributed by atoms with Crippen molar-refractivity contribution < 1.29 is 45.5 Å². The molecule has 4 aromatic heterocycles. The molecular formula is C61H52N2O4S2Zr. The summed E-state index contributed by atoms with van der Waals surface area (Å²) in [6, 6.07) is 69.5. The van der Waals surface area contributed by atoms with Crippen molar-refractivity contribution in [2.45, 2.75) is 0 Å². The summed E-state index contributed by atoms with van der Waals surface area (Å²) in [6.45, 7) is 7.44. The van der Waals surface area contributed by atoms with Crippen LogP contribution >= 0.6 is 22.7 Å². The largest absolute Gasteiger partial charge is 0.584 e. The van der Waals surface area contributed by atoms with Crippen molar-refractivity contribution in [2.75, 3.05) is 21.3 Å². The van der Waals surface area contributed by atoms with Crippen LogP contribution in [0.1, 0.15) is 11.1 Å². The summed E-state index contributed by atoms with van der Waals surface area (Å²) < 4.78 is 19.2. The molecule has 4 heterocycles. The molecule has 346 valence electrons. The van der Waals surface area contributed by atoms with Gasteiger partial charge < -0.3 is 28.5 Å². The van der Waals surface area contributed by atoms with E-state index in [0.29, 0.717) is 5.75 Å². The molecule has 0 aliphatic rings. The summed E-state index contributed by atoms with van der Waals surface area (Å²) in [6.07, 6.45) is 0. The monoisotopic (exact) mass is 1030 g/mol. The van der Waals surface area contributed by atoms with Gasteiger partial charge in [-0.2, -0.15) is 49.2 Å². The van der Waals surface area contributed by atoms with E-state index in [1.54, 1.807) is 36.9 Å². The number of fused-ring (bicyclic) bond motifs is 6. The molecule has 9 heteroatoms. The van der Waals surface area contributed by atoms with Crippen molar-refractivity contribution in [3.63, 3.8) is 0 Å². The number of para-hydroxylation sites is 6. The normalized spacial score (nSPS) is 10.6. The number of thiophene rings is 2. The molecule has 70 heavy (non-hydrogen) atoms. The van der Waals surface area contributed by atoms with Crippen LogP contribution in [0.25, 0.3) is 75.9 Å². The molecule has 6 nitrogen and oxygen atoms in total. The molecule has 0 unspecified atom stereocenters. The average Bonchev–Trinajstić information content (AvgIpc) is 4.17. The van der Waals surface area contributed by atoms with Crippen LogP contribution in [-0.2, 0) is 26.2 Å². The van der Waals surface area contributed by atoms with Crippen molar-refractivity contribution in [1.29, 1.82) is 0 Å². The van der Waals surface area contributed by atoms with Gasteiger partial charge in [0.25, 0.3) is 11.5 Å².